The van der Waals surface area contributed by atoms with Crippen LogP contribution in [0.4, 0.5) is 0 Å². The van der Waals surface area contributed by atoms with Crippen molar-refractivity contribution in [2.24, 2.45) is 5.92 Å². The maximum atomic E-state index is 12.2. The molecule has 3 fully saturated rings. The molecule has 7 nitrogen and oxygen atoms in total. The van der Waals surface area contributed by atoms with Crippen LogP contribution in [0.1, 0.15) is 60.6 Å². The summed E-state index contributed by atoms with van der Waals surface area (Å²) in [4.78, 5) is 25.4. The molecule has 0 bridgehead atoms. The molecule has 7 heteroatoms. The maximum Gasteiger partial charge on any atom is 0.317 e. The topological polar surface area (TPSA) is 98.3 Å². The van der Waals surface area contributed by atoms with Crippen molar-refractivity contribution in [2.75, 3.05) is 13.1 Å². The standard InChI is InChI=1S/C17H24N4O3/c22-16(23)9-21(8-10-1-2-10)13-5-12(6-13)18-17(24)15-7-14(19-20-15)11-3-4-11/h7,10-13H,1-6,8-9H2,(H,18,24)(H,19,20)(H,22,23). The molecule has 0 saturated heterocycles. The summed E-state index contributed by atoms with van der Waals surface area (Å²) in [6.07, 6.45) is 6.43. The first-order valence-electron chi connectivity index (χ1n) is 8.90. The molecule has 0 aromatic carbocycles. The van der Waals surface area contributed by atoms with E-state index in [-0.39, 0.29) is 24.5 Å². The normalized spacial score (nSPS) is 26.2. The summed E-state index contributed by atoms with van der Waals surface area (Å²) in [5, 5.41) is 19.1. The number of carboxylic acid groups (broad SMARTS) is 1. The number of nitrogens with zero attached hydrogens (tertiary/aromatic N) is 2. The minimum atomic E-state index is -0.771. The monoisotopic (exact) mass is 332 g/mol. The average molecular weight is 332 g/mol. The molecule has 1 aromatic rings. The van der Waals surface area contributed by atoms with E-state index in [1.165, 1.54) is 25.7 Å². The van der Waals surface area contributed by atoms with Crippen molar-refractivity contribution in [1.82, 2.24) is 20.4 Å². The predicted octanol–water partition coefficient (Wildman–Crippen LogP) is 1.34. The number of rotatable bonds is 8. The van der Waals surface area contributed by atoms with Crippen molar-refractivity contribution < 1.29 is 14.7 Å². The fourth-order valence-corrected chi connectivity index (χ4v) is 3.47. The molecule has 1 amide bonds. The second-order valence-corrected chi connectivity index (χ2v) is 7.54. The first-order valence-corrected chi connectivity index (χ1v) is 8.90. The second-order valence-electron chi connectivity index (χ2n) is 7.54. The molecule has 3 aliphatic rings. The van der Waals surface area contributed by atoms with Crippen molar-refractivity contribution in [3.05, 3.63) is 17.5 Å². The van der Waals surface area contributed by atoms with Crippen LogP contribution in [-0.4, -0.2) is 57.3 Å². The van der Waals surface area contributed by atoms with E-state index in [2.05, 4.69) is 20.4 Å². The van der Waals surface area contributed by atoms with Crippen molar-refractivity contribution in [3.63, 3.8) is 0 Å². The largest absolute Gasteiger partial charge is 0.480 e. The quantitative estimate of drug-likeness (QED) is 0.667. The van der Waals surface area contributed by atoms with E-state index in [1.807, 2.05) is 6.07 Å². The van der Waals surface area contributed by atoms with Gasteiger partial charge in [-0.3, -0.25) is 19.6 Å². The van der Waals surface area contributed by atoms with Crippen molar-refractivity contribution in [2.45, 2.75) is 56.5 Å². The lowest BCUT2D eigenvalue weighted by molar-refractivity contribution is -0.139. The van der Waals surface area contributed by atoms with Crippen LogP contribution in [0.2, 0.25) is 0 Å². The summed E-state index contributed by atoms with van der Waals surface area (Å²) < 4.78 is 0. The number of carbonyl (C=O) groups is 2. The minimum absolute atomic E-state index is 0.103. The number of hydrogen-bond donors (Lipinski definition) is 3. The number of carboxylic acids is 1. The lowest BCUT2D eigenvalue weighted by atomic mass is 9.85. The number of hydrogen-bond acceptors (Lipinski definition) is 4. The van der Waals surface area contributed by atoms with Crippen LogP contribution in [-0.2, 0) is 4.79 Å². The minimum Gasteiger partial charge on any atom is -0.480 e. The van der Waals surface area contributed by atoms with Gasteiger partial charge < -0.3 is 10.4 Å². The number of carbonyl (C=O) groups excluding carboxylic acids is 1. The Balaban J connectivity index is 1.26. The Morgan fingerprint density at radius 1 is 1.29 bits per heavy atom. The Kier molecular flexibility index (Phi) is 4.04. The third kappa shape index (κ3) is 3.61. The number of aromatic amines is 1. The predicted molar refractivity (Wildman–Crippen MR) is 86.8 cm³/mol. The van der Waals surface area contributed by atoms with Crippen LogP contribution >= 0.6 is 0 Å². The van der Waals surface area contributed by atoms with E-state index in [0.29, 0.717) is 17.5 Å². The third-order valence-corrected chi connectivity index (χ3v) is 5.34. The van der Waals surface area contributed by atoms with Gasteiger partial charge >= 0.3 is 5.97 Å². The molecule has 0 radical (unpaired) electrons. The summed E-state index contributed by atoms with van der Waals surface area (Å²) in [5.41, 5.74) is 1.52. The van der Waals surface area contributed by atoms with Crippen LogP contribution in [0.25, 0.3) is 0 Å². The van der Waals surface area contributed by atoms with Crippen LogP contribution in [0.15, 0.2) is 6.07 Å². The number of nitrogens with one attached hydrogen (secondary N) is 2. The Bertz CT molecular complexity index is 630. The lowest BCUT2D eigenvalue weighted by Crippen LogP contribution is -2.55. The molecule has 0 unspecified atom stereocenters. The highest BCUT2D eigenvalue weighted by molar-refractivity contribution is 5.92. The molecule has 3 N–H and O–H groups in total. The lowest BCUT2D eigenvalue weighted by Gasteiger charge is -2.42. The van der Waals surface area contributed by atoms with E-state index < -0.39 is 5.97 Å². The van der Waals surface area contributed by atoms with E-state index in [1.54, 1.807) is 0 Å². The summed E-state index contributed by atoms with van der Waals surface area (Å²) in [6, 6.07) is 2.25. The molecule has 0 aliphatic heterocycles. The van der Waals surface area contributed by atoms with Gasteiger partial charge in [-0.15, -0.1) is 0 Å². The van der Waals surface area contributed by atoms with Crippen molar-refractivity contribution >= 4 is 11.9 Å². The smallest absolute Gasteiger partial charge is 0.317 e. The molecule has 24 heavy (non-hydrogen) atoms. The van der Waals surface area contributed by atoms with E-state index >= 15 is 0 Å². The summed E-state index contributed by atoms with van der Waals surface area (Å²) >= 11 is 0. The summed E-state index contributed by atoms with van der Waals surface area (Å²) in [5.74, 6) is 0.322. The summed E-state index contributed by atoms with van der Waals surface area (Å²) in [7, 11) is 0. The van der Waals surface area contributed by atoms with Crippen molar-refractivity contribution in [1.29, 1.82) is 0 Å². The average Bonchev–Trinajstić information content (AvgIpc) is 3.42. The Labute approximate surface area is 140 Å². The van der Waals surface area contributed by atoms with Gasteiger partial charge in [-0.25, -0.2) is 0 Å². The van der Waals surface area contributed by atoms with Gasteiger partial charge in [0.2, 0.25) is 0 Å². The highest BCUT2D eigenvalue weighted by atomic mass is 16.4. The molecule has 130 valence electrons. The van der Waals surface area contributed by atoms with Crippen LogP contribution in [0.5, 0.6) is 0 Å². The maximum absolute atomic E-state index is 12.2. The Morgan fingerprint density at radius 3 is 2.67 bits per heavy atom. The second kappa shape index (κ2) is 6.20. The summed E-state index contributed by atoms with van der Waals surface area (Å²) in [6.45, 7) is 0.980. The number of amides is 1. The number of aliphatic carboxylic acids is 1. The highest BCUT2D eigenvalue weighted by Crippen LogP contribution is 2.39. The van der Waals surface area contributed by atoms with Gasteiger partial charge in [0.15, 0.2) is 0 Å². The number of aromatic nitrogens is 2. The SMILES string of the molecule is O=C(O)CN(CC1CC1)C1CC(NC(=O)c2cc(C3CC3)[nH]n2)C1. The number of H-pyrrole nitrogens is 1. The molecule has 0 spiro atoms. The first kappa shape index (κ1) is 15.6. The van der Waals surface area contributed by atoms with Crippen LogP contribution in [0.3, 0.4) is 0 Å². The van der Waals surface area contributed by atoms with E-state index in [0.717, 1.165) is 25.1 Å². The van der Waals surface area contributed by atoms with Gasteiger partial charge in [0.05, 0.1) is 6.54 Å². The van der Waals surface area contributed by atoms with Crippen molar-refractivity contribution in [3.8, 4) is 0 Å². The first-order chi connectivity index (χ1) is 11.6. The van der Waals surface area contributed by atoms with Gasteiger partial charge in [-0.2, -0.15) is 5.10 Å². The molecule has 3 saturated carbocycles. The van der Waals surface area contributed by atoms with Gasteiger partial charge in [0.25, 0.3) is 5.91 Å². The van der Waals surface area contributed by atoms with Crippen LogP contribution in [0, 0.1) is 5.92 Å². The van der Waals surface area contributed by atoms with E-state index in [9.17, 15) is 9.59 Å². The Hall–Kier alpha value is -1.89. The van der Waals surface area contributed by atoms with E-state index in [4.69, 9.17) is 5.11 Å². The fourth-order valence-electron chi connectivity index (χ4n) is 3.47. The van der Waals surface area contributed by atoms with Gasteiger partial charge in [-0.05, 0) is 50.5 Å². The fraction of sp³-hybridized carbons (Fsp3) is 0.706. The molecular weight excluding hydrogens is 308 g/mol. The van der Waals surface area contributed by atoms with Crippen LogP contribution < -0.4 is 5.32 Å². The highest BCUT2D eigenvalue weighted by Gasteiger charge is 2.38. The molecule has 1 aromatic heterocycles. The molecule has 0 atom stereocenters. The van der Waals surface area contributed by atoms with Gasteiger partial charge in [0, 0.05) is 30.2 Å². The molecule has 4 rings (SSSR count). The van der Waals surface area contributed by atoms with Gasteiger partial charge in [-0.1, -0.05) is 0 Å². The zero-order valence-electron chi connectivity index (χ0n) is 13.7. The molecule has 3 aliphatic carbocycles. The van der Waals surface area contributed by atoms with Gasteiger partial charge in [0.1, 0.15) is 5.69 Å². The third-order valence-electron chi connectivity index (χ3n) is 5.34. The molecular formula is C17H24N4O3. The zero-order chi connectivity index (χ0) is 16.7. The zero-order valence-corrected chi connectivity index (χ0v) is 13.7. The Morgan fingerprint density at radius 2 is 2.04 bits per heavy atom. The molecule has 1 heterocycles.